The van der Waals surface area contributed by atoms with Gasteiger partial charge in [-0.3, -0.25) is 0 Å². The minimum atomic E-state index is -1.06. The lowest BCUT2D eigenvalue weighted by atomic mass is 10.1. The van der Waals surface area contributed by atoms with Gasteiger partial charge in [0.05, 0.1) is 0 Å². The monoisotopic (exact) mass is 344 g/mol. The van der Waals surface area contributed by atoms with Crippen LogP contribution in [-0.2, 0) is 23.9 Å². The maximum Gasteiger partial charge on any atom is 0.333 e. The van der Waals surface area contributed by atoms with Crippen molar-refractivity contribution in [2.75, 3.05) is 13.2 Å². The van der Waals surface area contributed by atoms with Crippen LogP contribution in [0.4, 0.5) is 0 Å². The summed E-state index contributed by atoms with van der Waals surface area (Å²) in [6.07, 6.45) is 4.36. The summed E-state index contributed by atoms with van der Waals surface area (Å²) in [6.45, 7) is 4.76. The van der Waals surface area contributed by atoms with E-state index in [-0.39, 0.29) is 30.8 Å². The Hall–Kier alpha value is -3.15. The van der Waals surface area contributed by atoms with Crippen molar-refractivity contribution in [1.82, 2.24) is 0 Å². The van der Waals surface area contributed by atoms with E-state index in [9.17, 15) is 14.4 Å². The highest BCUT2D eigenvalue weighted by Gasteiger charge is 2.09. The number of hydrogen-bond donors (Lipinski definition) is 1. The van der Waals surface area contributed by atoms with E-state index in [0.29, 0.717) is 0 Å². The lowest BCUT2D eigenvalue weighted by molar-refractivity contribution is -0.146. The fourth-order valence-corrected chi connectivity index (χ4v) is 1.60. The first kappa shape index (κ1) is 19.9. The molecule has 0 amide bonds. The molecule has 1 aromatic carbocycles. The standard InChI is InChI=1S/C19H20O6/c1-14(18(21)22)8-9-15(2)19(23)25-13-12-24-17(20)11-10-16-6-4-3-5-7-16/h3-8,10-11H,2,9,12-13H2,1H3,(H,21,22). The normalized spacial score (nSPS) is 11.2. The van der Waals surface area contributed by atoms with Crippen LogP contribution in [0.1, 0.15) is 18.9 Å². The lowest BCUT2D eigenvalue weighted by Crippen LogP contribution is -2.14. The molecule has 1 N–H and O–H groups in total. The first-order valence-corrected chi connectivity index (χ1v) is 7.55. The second kappa shape index (κ2) is 10.6. The van der Waals surface area contributed by atoms with Crippen LogP contribution in [0.15, 0.2) is 60.2 Å². The third-order valence-electron chi connectivity index (χ3n) is 3.05. The predicted octanol–water partition coefficient (Wildman–Crippen LogP) is 2.76. The fraction of sp³-hybridized carbons (Fsp3) is 0.211. The number of carboxylic acids is 1. The van der Waals surface area contributed by atoms with E-state index in [2.05, 4.69) is 6.58 Å². The molecule has 0 aromatic heterocycles. The molecule has 0 bridgehead atoms. The zero-order chi connectivity index (χ0) is 18.7. The van der Waals surface area contributed by atoms with Gasteiger partial charge in [-0.15, -0.1) is 0 Å². The highest BCUT2D eigenvalue weighted by atomic mass is 16.6. The van der Waals surface area contributed by atoms with Crippen molar-refractivity contribution in [3.8, 4) is 0 Å². The topological polar surface area (TPSA) is 89.9 Å². The van der Waals surface area contributed by atoms with Crippen LogP contribution >= 0.6 is 0 Å². The molecule has 0 heterocycles. The molecule has 0 unspecified atom stereocenters. The van der Waals surface area contributed by atoms with Gasteiger partial charge >= 0.3 is 17.9 Å². The number of esters is 2. The van der Waals surface area contributed by atoms with Crippen LogP contribution in [0.5, 0.6) is 0 Å². The molecule has 6 heteroatoms. The molecule has 0 atom stereocenters. The number of benzene rings is 1. The zero-order valence-electron chi connectivity index (χ0n) is 13.9. The van der Waals surface area contributed by atoms with Crippen molar-refractivity contribution in [3.05, 3.63) is 65.8 Å². The summed E-state index contributed by atoms with van der Waals surface area (Å²) >= 11 is 0. The molecular formula is C19H20O6. The van der Waals surface area contributed by atoms with Crippen molar-refractivity contribution < 1.29 is 29.0 Å². The van der Waals surface area contributed by atoms with Gasteiger partial charge in [-0.05, 0) is 25.0 Å². The van der Waals surface area contributed by atoms with Gasteiger partial charge in [0.15, 0.2) is 0 Å². The van der Waals surface area contributed by atoms with Crippen molar-refractivity contribution in [3.63, 3.8) is 0 Å². The van der Waals surface area contributed by atoms with E-state index in [0.717, 1.165) is 5.56 Å². The van der Waals surface area contributed by atoms with E-state index in [1.54, 1.807) is 6.08 Å². The summed E-state index contributed by atoms with van der Waals surface area (Å²) in [5, 5.41) is 8.71. The Bertz CT molecular complexity index is 685. The second-order valence-corrected chi connectivity index (χ2v) is 5.05. The molecule has 0 saturated carbocycles. The van der Waals surface area contributed by atoms with E-state index >= 15 is 0 Å². The van der Waals surface area contributed by atoms with Crippen LogP contribution in [0.2, 0.25) is 0 Å². The minimum Gasteiger partial charge on any atom is -0.478 e. The van der Waals surface area contributed by atoms with E-state index in [1.165, 1.54) is 19.1 Å². The van der Waals surface area contributed by atoms with Gasteiger partial charge in [0.2, 0.25) is 0 Å². The summed E-state index contributed by atoms with van der Waals surface area (Å²) in [5.74, 6) is -2.26. The predicted molar refractivity (Wildman–Crippen MR) is 92.5 cm³/mol. The minimum absolute atomic E-state index is 0.0799. The highest BCUT2D eigenvalue weighted by Crippen LogP contribution is 2.06. The molecule has 1 aromatic rings. The van der Waals surface area contributed by atoms with Gasteiger partial charge < -0.3 is 14.6 Å². The van der Waals surface area contributed by atoms with E-state index < -0.39 is 17.9 Å². The quantitative estimate of drug-likeness (QED) is 0.421. The summed E-state index contributed by atoms with van der Waals surface area (Å²) in [5.41, 5.74) is 1.11. The molecule has 0 aliphatic carbocycles. The third kappa shape index (κ3) is 8.31. The number of carbonyl (C=O) groups excluding carboxylic acids is 2. The van der Waals surface area contributed by atoms with Gasteiger partial charge in [-0.2, -0.15) is 0 Å². The number of aliphatic carboxylic acids is 1. The van der Waals surface area contributed by atoms with Gasteiger partial charge in [-0.25, -0.2) is 14.4 Å². The highest BCUT2D eigenvalue weighted by molar-refractivity contribution is 5.89. The van der Waals surface area contributed by atoms with Crippen LogP contribution in [0, 0.1) is 0 Å². The van der Waals surface area contributed by atoms with Crippen molar-refractivity contribution in [1.29, 1.82) is 0 Å². The van der Waals surface area contributed by atoms with Crippen LogP contribution < -0.4 is 0 Å². The largest absolute Gasteiger partial charge is 0.478 e. The Labute approximate surface area is 146 Å². The number of allylic oxidation sites excluding steroid dienone is 1. The van der Waals surface area contributed by atoms with Crippen LogP contribution in [-0.4, -0.2) is 36.2 Å². The molecule has 25 heavy (non-hydrogen) atoms. The molecule has 0 fully saturated rings. The molecule has 0 aliphatic heterocycles. The molecule has 0 saturated heterocycles. The van der Waals surface area contributed by atoms with Crippen molar-refractivity contribution in [2.24, 2.45) is 0 Å². The smallest absolute Gasteiger partial charge is 0.333 e. The maximum atomic E-state index is 11.6. The number of carboxylic acid groups (broad SMARTS) is 1. The molecule has 1 rings (SSSR count). The molecule has 0 aliphatic rings. The Morgan fingerprint density at radius 3 is 2.40 bits per heavy atom. The molecule has 132 valence electrons. The average molecular weight is 344 g/mol. The molecule has 0 spiro atoms. The van der Waals surface area contributed by atoms with Crippen molar-refractivity contribution >= 4 is 24.0 Å². The average Bonchev–Trinajstić information content (AvgIpc) is 2.61. The summed E-state index contributed by atoms with van der Waals surface area (Å²) in [7, 11) is 0. The molecule has 0 radical (unpaired) electrons. The number of ether oxygens (including phenoxy) is 2. The lowest BCUT2D eigenvalue weighted by Gasteiger charge is -2.06. The Balaban J connectivity index is 2.26. The maximum absolute atomic E-state index is 11.6. The van der Waals surface area contributed by atoms with Gasteiger partial charge in [0.1, 0.15) is 13.2 Å². The van der Waals surface area contributed by atoms with Crippen molar-refractivity contribution in [2.45, 2.75) is 13.3 Å². The van der Waals surface area contributed by atoms with Gasteiger partial charge in [-0.1, -0.05) is 43.0 Å². The molecule has 6 nitrogen and oxygen atoms in total. The van der Waals surface area contributed by atoms with E-state index in [1.807, 2.05) is 30.3 Å². The first-order chi connectivity index (χ1) is 11.9. The fourth-order valence-electron chi connectivity index (χ4n) is 1.60. The van der Waals surface area contributed by atoms with E-state index in [4.69, 9.17) is 14.6 Å². The molecular weight excluding hydrogens is 324 g/mol. The third-order valence-corrected chi connectivity index (χ3v) is 3.05. The first-order valence-electron chi connectivity index (χ1n) is 7.55. The van der Waals surface area contributed by atoms with Crippen LogP contribution in [0.3, 0.4) is 0 Å². The summed E-state index contributed by atoms with van der Waals surface area (Å²) in [4.78, 5) is 33.8. The summed E-state index contributed by atoms with van der Waals surface area (Å²) < 4.78 is 9.79. The second-order valence-electron chi connectivity index (χ2n) is 5.05. The summed E-state index contributed by atoms with van der Waals surface area (Å²) in [6, 6.07) is 9.26. The number of hydrogen-bond acceptors (Lipinski definition) is 5. The number of carbonyl (C=O) groups is 3. The Kier molecular flexibility index (Phi) is 8.43. The Morgan fingerprint density at radius 2 is 1.76 bits per heavy atom. The SMILES string of the molecule is C=C(CC=C(C)C(=O)O)C(=O)OCCOC(=O)C=Cc1ccccc1. The zero-order valence-corrected chi connectivity index (χ0v) is 13.9. The Morgan fingerprint density at radius 1 is 1.12 bits per heavy atom. The van der Waals surface area contributed by atoms with Crippen LogP contribution in [0.25, 0.3) is 6.08 Å². The van der Waals surface area contributed by atoms with Gasteiger partial charge in [0.25, 0.3) is 0 Å². The van der Waals surface area contributed by atoms with Gasteiger partial charge in [0, 0.05) is 17.2 Å². The number of rotatable bonds is 9.